The molecule has 1 atom stereocenters. The Morgan fingerprint density at radius 1 is 1.19 bits per heavy atom. The lowest BCUT2D eigenvalue weighted by atomic mass is 10.2. The van der Waals surface area contributed by atoms with Crippen LogP contribution in [0.1, 0.15) is 45.6 Å². The fraction of sp³-hybridized carbons (Fsp3) is 0.429. The number of benzene rings is 1. The Morgan fingerprint density at radius 3 is 2.50 bits per heavy atom. The molecular weight excluding hydrogens is 332 g/mol. The predicted molar refractivity (Wildman–Crippen MR) is 102 cm³/mol. The molecule has 0 aliphatic carbocycles. The van der Waals surface area contributed by atoms with Crippen LogP contribution in [0.25, 0.3) is 6.08 Å². The molecule has 0 aromatic heterocycles. The molecule has 142 valence electrons. The van der Waals surface area contributed by atoms with Crippen molar-refractivity contribution in [3.8, 4) is 5.75 Å². The SMILES string of the molecule is C=C(C)C(=O)OC(C)COC(=O)/C=C/c1ccc(OCCCCC)cc1. The van der Waals surface area contributed by atoms with Gasteiger partial charge in [-0.2, -0.15) is 0 Å². The Bertz CT molecular complexity index is 616. The Labute approximate surface area is 155 Å². The van der Waals surface area contributed by atoms with Gasteiger partial charge in [-0.15, -0.1) is 0 Å². The van der Waals surface area contributed by atoms with E-state index in [1.807, 2.05) is 24.3 Å². The highest BCUT2D eigenvalue weighted by Gasteiger charge is 2.11. The van der Waals surface area contributed by atoms with E-state index in [1.54, 1.807) is 19.9 Å². The molecule has 5 heteroatoms. The van der Waals surface area contributed by atoms with Crippen molar-refractivity contribution in [2.75, 3.05) is 13.2 Å². The summed E-state index contributed by atoms with van der Waals surface area (Å²) < 4.78 is 15.7. The molecule has 0 heterocycles. The number of carbonyl (C=O) groups excluding carboxylic acids is 2. The van der Waals surface area contributed by atoms with E-state index in [0.29, 0.717) is 12.2 Å². The van der Waals surface area contributed by atoms with E-state index in [-0.39, 0.29) is 6.61 Å². The lowest BCUT2D eigenvalue weighted by Crippen LogP contribution is -2.22. The van der Waals surface area contributed by atoms with Crippen molar-refractivity contribution in [1.82, 2.24) is 0 Å². The van der Waals surface area contributed by atoms with Gasteiger partial charge in [0.1, 0.15) is 18.5 Å². The van der Waals surface area contributed by atoms with Crippen molar-refractivity contribution in [3.05, 3.63) is 48.1 Å². The first-order valence-electron chi connectivity index (χ1n) is 8.86. The minimum atomic E-state index is -0.527. The zero-order chi connectivity index (χ0) is 19.4. The molecule has 0 aliphatic heterocycles. The first-order chi connectivity index (χ1) is 12.4. The van der Waals surface area contributed by atoms with Crippen LogP contribution in [-0.4, -0.2) is 31.3 Å². The zero-order valence-corrected chi connectivity index (χ0v) is 15.8. The molecular formula is C21H28O5. The molecule has 26 heavy (non-hydrogen) atoms. The van der Waals surface area contributed by atoms with E-state index < -0.39 is 18.0 Å². The largest absolute Gasteiger partial charge is 0.494 e. The number of rotatable bonds is 11. The van der Waals surface area contributed by atoms with Gasteiger partial charge in [0.05, 0.1) is 6.61 Å². The van der Waals surface area contributed by atoms with Gasteiger partial charge in [-0.05, 0) is 44.0 Å². The lowest BCUT2D eigenvalue weighted by Gasteiger charge is -2.12. The summed E-state index contributed by atoms with van der Waals surface area (Å²) in [5.74, 6) is -0.182. The van der Waals surface area contributed by atoms with Gasteiger partial charge in [0.2, 0.25) is 0 Å². The van der Waals surface area contributed by atoms with Crippen molar-refractivity contribution in [2.24, 2.45) is 0 Å². The first-order valence-corrected chi connectivity index (χ1v) is 8.86. The maximum atomic E-state index is 11.7. The summed E-state index contributed by atoms with van der Waals surface area (Å²) in [6.07, 6.45) is 5.84. The average Bonchev–Trinajstić information content (AvgIpc) is 2.62. The van der Waals surface area contributed by atoms with E-state index in [1.165, 1.54) is 6.08 Å². The van der Waals surface area contributed by atoms with Gasteiger partial charge in [0, 0.05) is 11.6 Å². The molecule has 0 amide bonds. The molecule has 0 spiro atoms. The maximum absolute atomic E-state index is 11.7. The second-order valence-corrected chi connectivity index (χ2v) is 6.08. The van der Waals surface area contributed by atoms with Gasteiger partial charge in [-0.3, -0.25) is 0 Å². The predicted octanol–water partition coefficient (Wildman–Crippen LogP) is 4.32. The highest BCUT2D eigenvalue weighted by molar-refractivity contribution is 5.87. The molecule has 0 saturated heterocycles. The Hall–Kier alpha value is -2.56. The summed E-state index contributed by atoms with van der Waals surface area (Å²) in [5.41, 5.74) is 1.17. The molecule has 1 unspecified atom stereocenters. The van der Waals surface area contributed by atoms with Crippen LogP contribution in [0, 0.1) is 0 Å². The van der Waals surface area contributed by atoms with Crippen LogP contribution in [0.5, 0.6) is 5.75 Å². The molecule has 0 aliphatic rings. The fourth-order valence-electron chi connectivity index (χ4n) is 1.95. The van der Waals surface area contributed by atoms with Gasteiger partial charge in [-0.25, -0.2) is 9.59 Å². The second kappa shape index (κ2) is 11.9. The van der Waals surface area contributed by atoms with Crippen LogP contribution in [0.2, 0.25) is 0 Å². The third-order valence-corrected chi connectivity index (χ3v) is 3.43. The van der Waals surface area contributed by atoms with Gasteiger partial charge in [-0.1, -0.05) is 38.5 Å². The van der Waals surface area contributed by atoms with Crippen molar-refractivity contribution in [1.29, 1.82) is 0 Å². The molecule has 0 fully saturated rings. The van der Waals surface area contributed by atoms with Crippen LogP contribution in [0.3, 0.4) is 0 Å². The number of unbranched alkanes of at least 4 members (excludes halogenated alkanes) is 2. The summed E-state index contributed by atoms with van der Waals surface area (Å²) in [7, 11) is 0. The minimum Gasteiger partial charge on any atom is -0.494 e. The smallest absolute Gasteiger partial charge is 0.333 e. The summed E-state index contributed by atoms with van der Waals surface area (Å²) >= 11 is 0. The molecule has 0 bridgehead atoms. The standard InChI is InChI=1S/C21H28O5/c1-5-6-7-14-24-19-11-8-18(9-12-19)10-13-20(22)25-15-17(4)26-21(23)16(2)3/h8-13,17H,2,5-7,14-15H2,1,3-4H3/b13-10+. The second-order valence-electron chi connectivity index (χ2n) is 6.08. The van der Waals surface area contributed by atoms with E-state index in [2.05, 4.69) is 13.5 Å². The summed E-state index contributed by atoms with van der Waals surface area (Å²) in [4.78, 5) is 23.1. The summed E-state index contributed by atoms with van der Waals surface area (Å²) in [6, 6.07) is 7.48. The number of carbonyl (C=O) groups is 2. The first kappa shape index (κ1) is 21.5. The summed E-state index contributed by atoms with van der Waals surface area (Å²) in [6.45, 7) is 9.56. The van der Waals surface area contributed by atoms with Crippen LogP contribution < -0.4 is 4.74 Å². The van der Waals surface area contributed by atoms with Gasteiger partial charge < -0.3 is 14.2 Å². The molecule has 0 radical (unpaired) electrons. The van der Waals surface area contributed by atoms with Crippen molar-refractivity contribution >= 4 is 18.0 Å². The van der Waals surface area contributed by atoms with Crippen LogP contribution >= 0.6 is 0 Å². The highest BCUT2D eigenvalue weighted by Crippen LogP contribution is 2.14. The van der Waals surface area contributed by atoms with Gasteiger partial charge in [0.15, 0.2) is 0 Å². The lowest BCUT2D eigenvalue weighted by molar-refractivity contribution is -0.152. The molecule has 1 aromatic rings. The van der Waals surface area contributed by atoms with Crippen molar-refractivity contribution < 1.29 is 23.8 Å². The normalized spacial score (nSPS) is 11.8. The molecule has 5 nitrogen and oxygen atoms in total. The van der Waals surface area contributed by atoms with Crippen LogP contribution in [0.4, 0.5) is 0 Å². The van der Waals surface area contributed by atoms with Crippen LogP contribution in [-0.2, 0) is 19.1 Å². The topological polar surface area (TPSA) is 61.8 Å². The van der Waals surface area contributed by atoms with Gasteiger partial charge >= 0.3 is 11.9 Å². The van der Waals surface area contributed by atoms with E-state index in [9.17, 15) is 9.59 Å². The molecule has 0 saturated carbocycles. The van der Waals surface area contributed by atoms with E-state index >= 15 is 0 Å². The zero-order valence-electron chi connectivity index (χ0n) is 15.8. The van der Waals surface area contributed by atoms with Gasteiger partial charge in [0.25, 0.3) is 0 Å². The number of hydrogen-bond acceptors (Lipinski definition) is 5. The Kier molecular flexibility index (Phi) is 9.83. The van der Waals surface area contributed by atoms with Crippen molar-refractivity contribution in [3.63, 3.8) is 0 Å². The Balaban J connectivity index is 2.36. The quantitative estimate of drug-likeness (QED) is 0.334. The van der Waals surface area contributed by atoms with Crippen molar-refractivity contribution in [2.45, 2.75) is 46.1 Å². The fourth-order valence-corrected chi connectivity index (χ4v) is 1.95. The number of esters is 2. The molecule has 1 rings (SSSR count). The highest BCUT2D eigenvalue weighted by atomic mass is 16.6. The third kappa shape index (κ3) is 9.06. The maximum Gasteiger partial charge on any atom is 0.333 e. The number of hydrogen-bond donors (Lipinski definition) is 0. The average molecular weight is 360 g/mol. The third-order valence-electron chi connectivity index (χ3n) is 3.43. The monoisotopic (exact) mass is 360 g/mol. The van der Waals surface area contributed by atoms with E-state index in [4.69, 9.17) is 14.2 Å². The summed E-state index contributed by atoms with van der Waals surface area (Å²) in [5, 5.41) is 0. The van der Waals surface area contributed by atoms with Crippen LogP contribution in [0.15, 0.2) is 42.5 Å². The Morgan fingerprint density at radius 2 is 1.88 bits per heavy atom. The molecule has 0 N–H and O–H groups in total. The van der Waals surface area contributed by atoms with E-state index in [0.717, 1.165) is 30.6 Å². The molecule has 1 aromatic carbocycles. The number of ether oxygens (including phenoxy) is 3. The minimum absolute atomic E-state index is 0.00721.